The summed E-state index contributed by atoms with van der Waals surface area (Å²) in [6, 6.07) is 0. The third-order valence-corrected chi connectivity index (χ3v) is 1.30. The molecule has 0 aliphatic carbocycles. The first-order valence-electron chi connectivity index (χ1n) is 2.14. The first-order valence-corrected chi connectivity index (χ1v) is 2.59. The van der Waals surface area contributed by atoms with Gasteiger partial charge in [0.05, 0.1) is 6.61 Å². The van der Waals surface area contributed by atoms with Gasteiger partial charge in [-0.25, -0.2) is 0 Å². The van der Waals surface area contributed by atoms with Crippen LogP contribution < -0.4 is 4.72 Å². The fourth-order valence-corrected chi connectivity index (χ4v) is 0.106. The van der Waals surface area contributed by atoms with Gasteiger partial charge in [0.2, 0.25) is 0 Å². The number of hydrogen-bond donors (Lipinski definition) is 3. The smallest absolute Gasteiger partial charge is 0.0616 e. The van der Waals surface area contributed by atoms with E-state index in [1.807, 2.05) is 13.8 Å². The fourth-order valence-electron chi connectivity index (χ4n) is 0.0354. The highest BCUT2D eigenvalue weighted by Gasteiger charge is 2.11. The van der Waals surface area contributed by atoms with Gasteiger partial charge in [-0.15, -0.1) is 0 Å². The molecule has 0 atom stereocenters. The summed E-state index contributed by atoms with van der Waals surface area (Å²) >= 11 is 3.77. The summed E-state index contributed by atoms with van der Waals surface area (Å²) < 4.78 is 2.64. The van der Waals surface area contributed by atoms with E-state index >= 15 is 0 Å². The van der Waals surface area contributed by atoms with Crippen molar-refractivity contribution in [1.29, 1.82) is 0 Å². The lowest BCUT2D eigenvalue weighted by Gasteiger charge is -2.18. The Hall–Kier alpha value is 0.270. The molecular formula is C4H11NOS. The molecule has 0 rings (SSSR count). The van der Waals surface area contributed by atoms with Gasteiger partial charge < -0.3 is 5.11 Å². The molecule has 0 saturated heterocycles. The van der Waals surface area contributed by atoms with Crippen molar-refractivity contribution in [2.45, 2.75) is 19.4 Å². The number of aliphatic hydroxyl groups excluding tert-OH is 1. The molecule has 0 aromatic carbocycles. The molecule has 2 nitrogen and oxygen atoms in total. The first kappa shape index (κ1) is 7.27. The molecule has 0 aromatic heterocycles. The average Bonchev–Trinajstić information content (AvgIpc) is 1.68. The summed E-state index contributed by atoms with van der Waals surface area (Å²) in [5, 5.41) is 8.48. The molecule has 0 bridgehead atoms. The van der Waals surface area contributed by atoms with Crippen molar-refractivity contribution in [3.05, 3.63) is 0 Å². The maximum Gasteiger partial charge on any atom is 0.0616 e. The maximum absolute atomic E-state index is 8.48. The highest BCUT2D eigenvalue weighted by Crippen LogP contribution is 1.98. The summed E-state index contributed by atoms with van der Waals surface area (Å²) in [4.78, 5) is 0. The largest absolute Gasteiger partial charge is 0.394 e. The second-order valence-corrected chi connectivity index (χ2v) is 2.38. The Kier molecular flexibility index (Phi) is 2.64. The summed E-state index contributed by atoms with van der Waals surface area (Å²) in [5.74, 6) is 0. The summed E-state index contributed by atoms with van der Waals surface area (Å²) in [5.41, 5.74) is -0.247. The Morgan fingerprint density at radius 3 is 2.14 bits per heavy atom. The Morgan fingerprint density at radius 1 is 1.71 bits per heavy atom. The SMILES string of the molecule is CC(C)(CO)NS. The molecular weight excluding hydrogens is 110 g/mol. The number of nitrogens with one attached hydrogen (secondary N) is 1. The van der Waals surface area contributed by atoms with Gasteiger partial charge in [-0.1, -0.05) is 12.8 Å². The van der Waals surface area contributed by atoms with Crippen LogP contribution in [0.15, 0.2) is 0 Å². The van der Waals surface area contributed by atoms with Gasteiger partial charge in [0.1, 0.15) is 0 Å². The normalized spacial score (nSPS) is 12.0. The lowest BCUT2D eigenvalue weighted by atomic mass is 10.1. The van der Waals surface area contributed by atoms with Crippen molar-refractivity contribution in [3.8, 4) is 0 Å². The van der Waals surface area contributed by atoms with Crippen LogP contribution in [-0.2, 0) is 0 Å². The topological polar surface area (TPSA) is 32.3 Å². The van der Waals surface area contributed by atoms with Crippen molar-refractivity contribution < 1.29 is 5.11 Å². The van der Waals surface area contributed by atoms with E-state index in [9.17, 15) is 0 Å². The zero-order chi connectivity index (χ0) is 5.91. The quantitative estimate of drug-likeness (QED) is 0.456. The van der Waals surface area contributed by atoms with Crippen LogP contribution in [0, 0.1) is 0 Å². The summed E-state index contributed by atoms with van der Waals surface area (Å²) in [6.07, 6.45) is 0. The van der Waals surface area contributed by atoms with E-state index in [2.05, 4.69) is 17.5 Å². The second kappa shape index (κ2) is 2.55. The van der Waals surface area contributed by atoms with Crippen LogP contribution in [0.25, 0.3) is 0 Å². The van der Waals surface area contributed by atoms with E-state index in [-0.39, 0.29) is 12.1 Å². The molecule has 0 spiro atoms. The average molecular weight is 121 g/mol. The zero-order valence-electron chi connectivity index (χ0n) is 4.60. The van der Waals surface area contributed by atoms with Gasteiger partial charge in [0, 0.05) is 5.54 Å². The van der Waals surface area contributed by atoms with Crippen LogP contribution in [0.5, 0.6) is 0 Å². The Bertz CT molecular complexity index is 49.7. The van der Waals surface area contributed by atoms with Gasteiger partial charge >= 0.3 is 0 Å². The molecule has 0 unspecified atom stereocenters. The Balaban J connectivity index is 3.36. The predicted octanol–water partition coefficient (Wildman–Crippen LogP) is 0.192. The minimum atomic E-state index is -0.247. The van der Waals surface area contributed by atoms with Crippen molar-refractivity contribution >= 4 is 12.8 Å². The fraction of sp³-hybridized carbons (Fsp3) is 1.00. The standard InChI is InChI=1S/C4H11NOS/c1-4(2,3-6)5-7/h5-7H,3H2,1-2H3. The molecule has 0 heterocycles. The summed E-state index contributed by atoms with van der Waals surface area (Å²) in [6.45, 7) is 3.83. The lowest BCUT2D eigenvalue weighted by Crippen LogP contribution is -2.36. The monoisotopic (exact) mass is 121 g/mol. The molecule has 3 heteroatoms. The predicted molar refractivity (Wildman–Crippen MR) is 33.3 cm³/mol. The molecule has 0 amide bonds. The highest BCUT2D eigenvalue weighted by atomic mass is 32.1. The Morgan fingerprint density at radius 2 is 2.14 bits per heavy atom. The van der Waals surface area contributed by atoms with E-state index in [4.69, 9.17) is 5.11 Å². The number of hydrogen-bond acceptors (Lipinski definition) is 3. The van der Waals surface area contributed by atoms with Crippen LogP contribution in [0.4, 0.5) is 0 Å². The van der Waals surface area contributed by atoms with Crippen molar-refractivity contribution in [1.82, 2.24) is 4.72 Å². The number of rotatable bonds is 2. The molecule has 2 N–H and O–H groups in total. The summed E-state index contributed by atoms with van der Waals surface area (Å²) in [7, 11) is 0. The van der Waals surface area contributed by atoms with Crippen LogP contribution in [0.2, 0.25) is 0 Å². The van der Waals surface area contributed by atoms with Gasteiger partial charge in [0.25, 0.3) is 0 Å². The third-order valence-electron chi connectivity index (χ3n) is 0.698. The van der Waals surface area contributed by atoms with Crippen LogP contribution in [0.1, 0.15) is 13.8 Å². The third kappa shape index (κ3) is 2.91. The minimum absolute atomic E-state index is 0.108. The Labute approximate surface area is 49.5 Å². The van der Waals surface area contributed by atoms with E-state index in [1.54, 1.807) is 0 Å². The number of thiol groups is 1. The van der Waals surface area contributed by atoms with Gasteiger partial charge in [0.15, 0.2) is 0 Å². The lowest BCUT2D eigenvalue weighted by molar-refractivity contribution is 0.212. The van der Waals surface area contributed by atoms with Gasteiger partial charge in [-0.05, 0) is 13.8 Å². The van der Waals surface area contributed by atoms with Crippen molar-refractivity contribution in [2.24, 2.45) is 0 Å². The first-order chi connectivity index (χ1) is 3.12. The molecule has 7 heavy (non-hydrogen) atoms. The zero-order valence-corrected chi connectivity index (χ0v) is 5.50. The van der Waals surface area contributed by atoms with Crippen molar-refractivity contribution in [2.75, 3.05) is 6.61 Å². The van der Waals surface area contributed by atoms with E-state index in [0.717, 1.165) is 0 Å². The van der Waals surface area contributed by atoms with E-state index in [1.165, 1.54) is 0 Å². The highest BCUT2D eigenvalue weighted by molar-refractivity contribution is 7.78. The second-order valence-electron chi connectivity index (χ2n) is 2.15. The van der Waals surface area contributed by atoms with Crippen LogP contribution in [0.3, 0.4) is 0 Å². The molecule has 0 aromatic rings. The van der Waals surface area contributed by atoms with Crippen LogP contribution >= 0.6 is 12.8 Å². The molecule has 0 fully saturated rings. The van der Waals surface area contributed by atoms with E-state index < -0.39 is 0 Å². The molecule has 0 saturated carbocycles. The van der Waals surface area contributed by atoms with E-state index in [0.29, 0.717) is 0 Å². The number of aliphatic hydroxyl groups is 1. The molecule has 44 valence electrons. The molecule has 0 aliphatic heterocycles. The van der Waals surface area contributed by atoms with Gasteiger partial charge in [-0.2, -0.15) is 0 Å². The minimum Gasteiger partial charge on any atom is -0.394 e. The molecule has 0 radical (unpaired) electrons. The molecule has 0 aliphatic rings. The van der Waals surface area contributed by atoms with Crippen molar-refractivity contribution in [3.63, 3.8) is 0 Å². The van der Waals surface area contributed by atoms with Crippen LogP contribution in [-0.4, -0.2) is 17.3 Å². The maximum atomic E-state index is 8.48. The van der Waals surface area contributed by atoms with Gasteiger partial charge in [-0.3, -0.25) is 4.72 Å².